The number of carbonyl (C=O) groups excluding carboxylic acids is 2. The number of Topliss-reactive ketones (excluding diaryl/α,β-unsaturated/α-hetero) is 2. The van der Waals surface area contributed by atoms with Gasteiger partial charge in [-0.1, -0.05) is 54.6 Å². The number of benzene rings is 2. The quantitative estimate of drug-likeness (QED) is 0.151. The molecule has 19 heteroatoms. The van der Waals surface area contributed by atoms with E-state index < -0.39 is 75.9 Å². The van der Waals surface area contributed by atoms with Crippen LogP contribution in [0.5, 0.6) is 0 Å². The average Bonchev–Trinajstić information content (AvgIpc) is 2.86. The lowest BCUT2D eigenvalue weighted by Crippen LogP contribution is -2.74. The number of ketones is 2. The van der Waals surface area contributed by atoms with Crippen LogP contribution in [-0.2, 0) is 5.92 Å². The van der Waals surface area contributed by atoms with E-state index >= 15 is 0 Å². The Morgan fingerprint density at radius 3 is 1.22 bits per heavy atom. The fourth-order valence-electron chi connectivity index (χ4n) is 3.13. The molecule has 0 saturated heterocycles. The highest BCUT2D eigenvalue weighted by atomic mass is 19.4. The van der Waals surface area contributed by atoms with Crippen LogP contribution in [-0.4, -0.2) is 53.3 Å². The van der Waals surface area contributed by atoms with Crippen LogP contribution >= 0.6 is 0 Å². The predicted molar refractivity (Wildman–Crippen MR) is 101 cm³/mol. The van der Waals surface area contributed by atoms with Crippen LogP contribution in [0.2, 0.25) is 0 Å². The van der Waals surface area contributed by atoms with Crippen molar-refractivity contribution in [1.29, 1.82) is 0 Å². The zero-order valence-corrected chi connectivity index (χ0v) is 18.9. The molecule has 0 spiro atoms. The van der Waals surface area contributed by atoms with Crippen LogP contribution < -0.4 is 0 Å². The molecule has 0 radical (unpaired) electrons. The average molecular weight is 628 g/mol. The molecule has 0 aliphatic rings. The van der Waals surface area contributed by atoms with Crippen LogP contribution in [0.3, 0.4) is 0 Å². The van der Waals surface area contributed by atoms with Crippen LogP contribution in [0.25, 0.3) is 0 Å². The number of rotatable bonds is 10. The molecule has 0 N–H and O–H groups in total. The van der Waals surface area contributed by atoms with Crippen molar-refractivity contribution in [3.05, 3.63) is 71.3 Å². The van der Waals surface area contributed by atoms with E-state index in [4.69, 9.17) is 0 Å². The summed E-state index contributed by atoms with van der Waals surface area (Å²) in [6.45, 7) is 0. The Morgan fingerprint density at radius 2 is 0.780 bits per heavy atom. The van der Waals surface area contributed by atoms with Crippen molar-refractivity contribution in [1.82, 2.24) is 0 Å². The lowest BCUT2D eigenvalue weighted by Gasteiger charge is -2.43. The summed E-state index contributed by atoms with van der Waals surface area (Å²) in [5.74, 6) is -62.0. The molecule has 0 amide bonds. The molecule has 0 saturated carbocycles. The lowest BCUT2D eigenvalue weighted by molar-refractivity contribution is -0.462. The Bertz CT molecular complexity index is 1300. The zero-order valence-electron chi connectivity index (χ0n) is 18.9. The van der Waals surface area contributed by atoms with Crippen molar-refractivity contribution in [2.24, 2.45) is 0 Å². The summed E-state index contributed by atoms with van der Waals surface area (Å²) in [5.41, 5.74) is -5.26. The second-order valence-electron chi connectivity index (χ2n) is 8.09. The van der Waals surface area contributed by atoms with Gasteiger partial charge in [-0.15, -0.1) is 0 Å². The number of carbonyl (C=O) groups is 2. The molecular weight excluding hydrogens is 619 g/mol. The molecule has 0 bridgehead atoms. The fourth-order valence-corrected chi connectivity index (χ4v) is 3.13. The van der Waals surface area contributed by atoms with Crippen molar-refractivity contribution in [2.75, 3.05) is 0 Å². The van der Waals surface area contributed by atoms with Gasteiger partial charge in [0.2, 0.25) is 11.6 Å². The molecule has 0 heterocycles. The number of hydrogen-bond donors (Lipinski definition) is 0. The highest BCUT2D eigenvalue weighted by Gasteiger charge is 2.95. The van der Waals surface area contributed by atoms with Crippen LogP contribution in [0.15, 0.2) is 54.6 Å². The smallest absolute Gasteiger partial charge is 0.285 e. The second-order valence-corrected chi connectivity index (χ2v) is 8.09. The van der Waals surface area contributed by atoms with Crippen molar-refractivity contribution < 1.29 is 84.2 Å². The monoisotopic (exact) mass is 628 g/mol. The van der Waals surface area contributed by atoms with Gasteiger partial charge in [0.25, 0.3) is 0 Å². The van der Waals surface area contributed by atoms with Gasteiger partial charge in [-0.25, -0.2) is 0 Å². The van der Waals surface area contributed by atoms with E-state index in [0.29, 0.717) is 6.07 Å². The third-order valence-corrected chi connectivity index (χ3v) is 5.47. The largest absolute Gasteiger partial charge is 0.460 e. The van der Waals surface area contributed by atoms with Gasteiger partial charge in [0.15, 0.2) is 0 Å². The lowest BCUT2D eigenvalue weighted by atomic mass is 9.85. The summed E-state index contributed by atoms with van der Waals surface area (Å²) in [7, 11) is 0. The maximum atomic E-state index is 14.8. The van der Waals surface area contributed by atoms with Gasteiger partial charge in [-0.2, -0.15) is 74.6 Å². The van der Waals surface area contributed by atoms with E-state index in [0.717, 1.165) is 24.3 Å². The van der Waals surface area contributed by atoms with Crippen LogP contribution in [0.4, 0.5) is 74.6 Å². The molecule has 2 rings (SSSR count). The first-order valence-corrected chi connectivity index (χ1v) is 10.1. The highest BCUT2D eigenvalue weighted by molar-refractivity contribution is 6.49. The Labute approximate surface area is 215 Å². The SMILES string of the molecule is O=C(C(=O)c1ccccc1C(F)(F)C(F)(F)C(F)(F)C(F)(F)C(F)(F)C(F)(F)C(F)(F)C(F)(F)F)c1ccccc1. The Kier molecular flexibility index (Phi) is 8.12. The normalized spacial score (nSPS) is 14.7. The van der Waals surface area contributed by atoms with E-state index in [9.17, 15) is 84.2 Å². The highest BCUT2D eigenvalue weighted by Crippen LogP contribution is 2.65. The summed E-state index contributed by atoms with van der Waals surface area (Å²) >= 11 is 0. The molecule has 0 aliphatic heterocycles. The Hall–Kier alpha value is -3.41. The Balaban J connectivity index is 2.71. The standard InChI is InChI=1S/C22H9F17O2/c23-15(24,12-9-5-4-8-11(12)14(41)13(40)10-6-2-1-3-7-10)16(25,26)17(27,28)18(29,30)19(31,32)20(33,34)21(35,36)22(37,38)39/h1-9H. The summed E-state index contributed by atoms with van der Waals surface area (Å²) < 4.78 is 231. The Morgan fingerprint density at radius 1 is 0.415 bits per heavy atom. The third-order valence-electron chi connectivity index (χ3n) is 5.47. The van der Waals surface area contributed by atoms with Gasteiger partial charge in [-0.05, 0) is 0 Å². The summed E-state index contributed by atoms with van der Waals surface area (Å²) in [6.07, 6.45) is -7.86. The van der Waals surface area contributed by atoms with Crippen LogP contribution in [0, 0.1) is 0 Å². The predicted octanol–water partition coefficient (Wildman–Crippen LogP) is 8.22. The van der Waals surface area contributed by atoms with Gasteiger partial charge < -0.3 is 0 Å². The van der Waals surface area contributed by atoms with Gasteiger partial charge in [0, 0.05) is 16.7 Å². The van der Waals surface area contributed by atoms with E-state index in [2.05, 4.69) is 0 Å². The van der Waals surface area contributed by atoms with E-state index in [1.807, 2.05) is 0 Å². The molecule has 2 aromatic rings. The fraction of sp³-hybridized carbons (Fsp3) is 0.364. The topological polar surface area (TPSA) is 34.1 Å². The maximum Gasteiger partial charge on any atom is 0.460 e. The number of halogens is 17. The molecular formula is C22H9F17O2. The zero-order chi connectivity index (χ0) is 32.3. The van der Waals surface area contributed by atoms with Crippen molar-refractivity contribution >= 4 is 11.6 Å². The molecule has 0 aromatic heterocycles. The first kappa shape index (κ1) is 33.8. The number of alkyl halides is 17. The molecule has 2 aromatic carbocycles. The van der Waals surface area contributed by atoms with Gasteiger partial charge in [-0.3, -0.25) is 9.59 Å². The van der Waals surface area contributed by atoms with Gasteiger partial charge in [0.1, 0.15) is 0 Å². The van der Waals surface area contributed by atoms with E-state index in [1.165, 1.54) is 6.07 Å². The first-order valence-electron chi connectivity index (χ1n) is 10.1. The second kappa shape index (κ2) is 9.85. The molecule has 228 valence electrons. The third kappa shape index (κ3) is 4.69. The molecule has 41 heavy (non-hydrogen) atoms. The van der Waals surface area contributed by atoms with Crippen LogP contribution in [0.1, 0.15) is 26.3 Å². The van der Waals surface area contributed by atoms with Gasteiger partial charge >= 0.3 is 47.6 Å². The van der Waals surface area contributed by atoms with Gasteiger partial charge in [0.05, 0.1) is 0 Å². The van der Waals surface area contributed by atoms with Crippen molar-refractivity contribution in [3.63, 3.8) is 0 Å². The molecule has 0 fully saturated rings. The van der Waals surface area contributed by atoms with E-state index in [-0.39, 0.29) is 18.2 Å². The first-order chi connectivity index (χ1) is 18.2. The maximum absolute atomic E-state index is 14.8. The minimum atomic E-state index is -8.78. The van der Waals surface area contributed by atoms with E-state index in [1.54, 1.807) is 0 Å². The molecule has 0 atom stereocenters. The molecule has 0 aliphatic carbocycles. The van der Waals surface area contributed by atoms with Crippen molar-refractivity contribution in [3.8, 4) is 0 Å². The summed E-state index contributed by atoms with van der Waals surface area (Å²) in [4.78, 5) is 24.7. The minimum absolute atomic E-state index is 0.0887. The minimum Gasteiger partial charge on any atom is -0.285 e. The molecule has 0 unspecified atom stereocenters. The summed E-state index contributed by atoms with van der Waals surface area (Å²) in [6, 6.07) is 5.70. The number of hydrogen-bond acceptors (Lipinski definition) is 2. The molecule has 2 nitrogen and oxygen atoms in total. The summed E-state index contributed by atoms with van der Waals surface area (Å²) in [5, 5.41) is 0. The van der Waals surface area contributed by atoms with Crippen molar-refractivity contribution in [2.45, 2.75) is 47.6 Å².